The Morgan fingerprint density at radius 2 is 1.48 bits per heavy atom. The molecule has 0 heterocycles. The Balaban J connectivity index is 2.05. The largest absolute Gasteiger partial charge is 0.330 e. The molecule has 0 aromatic rings. The van der Waals surface area contributed by atoms with Crippen molar-refractivity contribution in [3.05, 3.63) is 0 Å². The van der Waals surface area contributed by atoms with Crippen LogP contribution in [-0.4, -0.2) is 12.3 Å². The second-order valence-electron chi connectivity index (χ2n) is 7.21. The number of hydrogen-bond donors (Lipinski definition) is 1. The number of nitrogens with two attached hydrogens (primary N) is 1. The van der Waals surface area contributed by atoms with Crippen LogP contribution in [0.1, 0.15) is 103 Å². The smallest absolute Gasteiger partial charge is 0.133 e. The third-order valence-corrected chi connectivity index (χ3v) is 5.23. The van der Waals surface area contributed by atoms with Crippen LogP contribution in [0.3, 0.4) is 0 Å². The first-order valence-corrected chi connectivity index (χ1v) is 9.44. The average molecular weight is 296 g/mol. The summed E-state index contributed by atoms with van der Waals surface area (Å²) in [5, 5.41) is 0. The molecule has 0 spiro atoms. The van der Waals surface area contributed by atoms with Crippen molar-refractivity contribution >= 4 is 5.78 Å². The van der Waals surface area contributed by atoms with Crippen molar-refractivity contribution in [3.8, 4) is 0 Å². The SMILES string of the molecule is CCCCCCCCCCC(=O)CC1(CN)CCCCC1. The topological polar surface area (TPSA) is 43.1 Å². The number of unbranched alkanes of at least 4 members (excludes halogenated alkanes) is 7. The van der Waals surface area contributed by atoms with Crippen molar-refractivity contribution in [2.75, 3.05) is 6.54 Å². The van der Waals surface area contributed by atoms with Crippen molar-refractivity contribution in [3.63, 3.8) is 0 Å². The van der Waals surface area contributed by atoms with Gasteiger partial charge < -0.3 is 5.73 Å². The Morgan fingerprint density at radius 3 is 2.05 bits per heavy atom. The average Bonchev–Trinajstić information content (AvgIpc) is 2.51. The van der Waals surface area contributed by atoms with Crippen LogP contribution >= 0.6 is 0 Å². The van der Waals surface area contributed by atoms with Gasteiger partial charge in [0, 0.05) is 12.8 Å². The van der Waals surface area contributed by atoms with E-state index in [1.807, 2.05) is 0 Å². The molecule has 1 aliphatic carbocycles. The maximum atomic E-state index is 12.2. The van der Waals surface area contributed by atoms with Gasteiger partial charge in [-0.1, -0.05) is 71.1 Å². The summed E-state index contributed by atoms with van der Waals surface area (Å²) in [6, 6.07) is 0. The van der Waals surface area contributed by atoms with Crippen molar-refractivity contribution in [2.24, 2.45) is 11.1 Å². The molecule has 0 amide bonds. The minimum atomic E-state index is 0.162. The zero-order chi connectivity index (χ0) is 15.4. The molecule has 1 fully saturated rings. The van der Waals surface area contributed by atoms with Crippen molar-refractivity contribution in [1.29, 1.82) is 0 Å². The van der Waals surface area contributed by atoms with Crippen LogP contribution in [0.2, 0.25) is 0 Å². The molecule has 2 N–H and O–H groups in total. The van der Waals surface area contributed by atoms with E-state index in [1.165, 1.54) is 77.0 Å². The van der Waals surface area contributed by atoms with Crippen molar-refractivity contribution in [1.82, 2.24) is 0 Å². The molecule has 1 saturated carbocycles. The van der Waals surface area contributed by atoms with E-state index in [4.69, 9.17) is 5.73 Å². The molecule has 0 unspecified atom stereocenters. The molecule has 0 bridgehead atoms. The van der Waals surface area contributed by atoms with Crippen LogP contribution in [0.25, 0.3) is 0 Å². The third kappa shape index (κ3) is 7.99. The molecule has 0 aromatic heterocycles. The van der Waals surface area contributed by atoms with Gasteiger partial charge in [-0.25, -0.2) is 0 Å². The van der Waals surface area contributed by atoms with E-state index in [0.29, 0.717) is 12.3 Å². The number of rotatable bonds is 12. The van der Waals surface area contributed by atoms with Crippen LogP contribution in [0.15, 0.2) is 0 Å². The van der Waals surface area contributed by atoms with Crippen molar-refractivity contribution in [2.45, 2.75) is 103 Å². The summed E-state index contributed by atoms with van der Waals surface area (Å²) in [6.07, 6.45) is 18.2. The molecule has 0 aromatic carbocycles. The predicted octanol–water partition coefficient (Wildman–Crippen LogP) is 5.39. The maximum absolute atomic E-state index is 12.2. The lowest BCUT2D eigenvalue weighted by Crippen LogP contribution is -2.35. The minimum Gasteiger partial charge on any atom is -0.330 e. The number of carbonyl (C=O) groups is 1. The second-order valence-corrected chi connectivity index (χ2v) is 7.21. The molecule has 0 aliphatic heterocycles. The minimum absolute atomic E-state index is 0.162. The van der Waals surface area contributed by atoms with E-state index < -0.39 is 0 Å². The molecular formula is C19H37NO. The van der Waals surface area contributed by atoms with Crippen LogP contribution in [-0.2, 0) is 4.79 Å². The van der Waals surface area contributed by atoms with Crippen LogP contribution in [0.5, 0.6) is 0 Å². The molecular weight excluding hydrogens is 258 g/mol. The van der Waals surface area contributed by atoms with Gasteiger partial charge in [-0.3, -0.25) is 4.79 Å². The molecule has 1 aliphatic rings. The normalized spacial score (nSPS) is 17.8. The predicted molar refractivity (Wildman–Crippen MR) is 91.4 cm³/mol. The zero-order valence-electron chi connectivity index (χ0n) is 14.3. The van der Waals surface area contributed by atoms with Gasteiger partial charge in [0.2, 0.25) is 0 Å². The fourth-order valence-corrected chi connectivity index (χ4v) is 3.72. The first-order chi connectivity index (χ1) is 10.2. The lowest BCUT2D eigenvalue weighted by atomic mass is 9.70. The Labute approximate surface area is 132 Å². The molecule has 1 rings (SSSR count). The summed E-state index contributed by atoms with van der Waals surface area (Å²) in [5.41, 5.74) is 6.13. The molecule has 0 saturated heterocycles. The molecule has 124 valence electrons. The summed E-state index contributed by atoms with van der Waals surface area (Å²) in [6.45, 7) is 2.96. The quantitative estimate of drug-likeness (QED) is 0.491. The van der Waals surface area contributed by atoms with E-state index in [2.05, 4.69) is 6.92 Å². The Bertz CT molecular complexity index is 269. The van der Waals surface area contributed by atoms with Gasteiger partial charge in [-0.05, 0) is 31.2 Å². The summed E-state index contributed by atoms with van der Waals surface area (Å²) < 4.78 is 0. The highest BCUT2D eigenvalue weighted by Gasteiger charge is 2.32. The highest BCUT2D eigenvalue weighted by molar-refractivity contribution is 5.79. The standard InChI is InChI=1S/C19H37NO/c1-2-3-4-5-6-7-8-10-13-18(21)16-19(17-20)14-11-9-12-15-19/h2-17,20H2,1H3. The van der Waals surface area contributed by atoms with Crippen LogP contribution in [0.4, 0.5) is 0 Å². The summed E-state index contributed by atoms with van der Waals surface area (Å²) in [5.74, 6) is 0.466. The van der Waals surface area contributed by atoms with E-state index in [1.54, 1.807) is 0 Å². The number of ketones is 1. The summed E-state index contributed by atoms with van der Waals surface area (Å²) in [7, 11) is 0. The molecule has 0 atom stereocenters. The highest BCUT2D eigenvalue weighted by atomic mass is 16.1. The van der Waals surface area contributed by atoms with Gasteiger partial charge in [0.05, 0.1) is 0 Å². The van der Waals surface area contributed by atoms with Gasteiger partial charge in [-0.2, -0.15) is 0 Å². The zero-order valence-corrected chi connectivity index (χ0v) is 14.3. The lowest BCUT2D eigenvalue weighted by Gasteiger charge is -2.35. The van der Waals surface area contributed by atoms with Gasteiger partial charge in [0.25, 0.3) is 0 Å². The molecule has 2 nitrogen and oxygen atoms in total. The van der Waals surface area contributed by atoms with Crippen LogP contribution in [0, 0.1) is 5.41 Å². The summed E-state index contributed by atoms with van der Waals surface area (Å²) >= 11 is 0. The number of hydrogen-bond acceptors (Lipinski definition) is 2. The van der Waals surface area contributed by atoms with E-state index in [9.17, 15) is 4.79 Å². The summed E-state index contributed by atoms with van der Waals surface area (Å²) in [4.78, 5) is 12.2. The first-order valence-electron chi connectivity index (χ1n) is 9.44. The monoisotopic (exact) mass is 295 g/mol. The number of carbonyl (C=O) groups excluding carboxylic acids is 1. The fraction of sp³-hybridized carbons (Fsp3) is 0.947. The highest BCUT2D eigenvalue weighted by Crippen LogP contribution is 2.38. The lowest BCUT2D eigenvalue weighted by molar-refractivity contribution is -0.121. The Hall–Kier alpha value is -0.370. The molecule has 2 heteroatoms. The van der Waals surface area contributed by atoms with E-state index in [0.717, 1.165) is 19.3 Å². The molecule has 21 heavy (non-hydrogen) atoms. The maximum Gasteiger partial charge on any atom is 0.133 e. The van der Waals surface area contributed by atoms with E-state index in [-0.39, 0.29) is 5.41 Å². The van der Waals surface area contributed by atoms with E-state index >= 15 is 0 Å². The van der Waals surface area contributed by atoms with Gasteiger partial charge in [0.1, 0.15) is 5.78 Å². The molecule has 0 radical (unpaired) electrons. The fourth-order valence-electron chi connectivity index (χ4n) is 3.72. The van der Waals surface area contributed by atoms with Crippen LogP contribution < -0.4 is 5.73 Å². The third-order valence-electron chi connectivity index (χ3n) is 5.23. The van der Waals surface area contributed by atoms with Gasteiger partial charge in [0.15, 0.2) is 0 Å². The Morgan fingerprint density at radius 1 is 0.905 bits per heavy atom. The number of Topliss-reactive ketones (excluding diaryl/α,β-unsaturated/α-hetero) is 1. The van der Waals surface area contributed by atoms with Gasteiger partial charge in [-0.15, -0.1) is 0 Å². The Kier molecular flexibility index (Phi) is 9.99. The second kappa shape index (κ2) is 11.2. The van der Waals surface area contributed by atoms with Gasteiger partial charge >= 0.3 is 0 Å². The first kappa shape index (κ1) is 18.7. The van der Waals surface area contributed by atoms with Crippen molar-refractivity contribution < 1.29 is 4.79 Å².